The van der Waals surface area contributed by atoms with Gasteiger partial charge in [0.15, 0.2) is 0 Å². The lowest BCUT2D eigenvalue weighted by Gasteiger charge is -2.25. The maximum absolute atomic E-state index is 14.7. The van der Waals surface area contributed by atoms with E-state index in [4.69, 9.17) is 4.52 Å². The highest BCUT2D eigenvalue weighted by Crippen LogP contribution is 2.64. The molecule has 2 aromatic rings. The first kappa shape index (κ1) is 24.0. The number of thioether (sulfide) groups is 1. The van der Waals surface area contributed by atoms with Crippen LogP contribution in [0.15, 0.2) is 51.4 Å². The first-order valence-corrected chi connectivity index (χ1v) is 12.9. The van der Waals surface area contributed by atoms with Gasteiger partial charge in [-0.3, -0.25) is 4.57 Å². The molecule has 2 unspecified atom stereocenters. The Morgan fingerprint density at radius 3 is 2.29 bits per heavy atom. The quantitative estimate of drug-likeness (QED) is 0.321. The Labute approximate surface area is 185 Å². The van der Waals surface area contributed by atoms with Crippen LogP contribution in [0, 0.1) is 0 Å². The third-order valence-electron chi connectivity index (χ3n) is 4.06. The highest BCUT2D eigenvalue weighted by Gasteiger charge is 2.54. The van der Waals surface area contributed by atoms with E-state index in [1.54, 1.807) is 30.8 Å². The molecule has 154 valence electrons. The smallest absolute Gasteiger partial charge is 0.320 e. The van der Waals surface area contributed by atoms with Crippen molar-refractivity contribution in [1.82, 2.24) is 0 Å². The molecule has 2 atom stereocenters. The van der Waals surface area contributed by atoms with E-state index in [0.29, 0.717) is 12.2 Å². The van der Waals surface area contributed by atoms with Crippen LogP contribution in [-0.2, 0) is 26.3 Å². The van der Waals surface area contributed by atoms with E-state index in [-0.39, 0.29) is 4.47 Å². The predicted octanol–water partition coefficient (Wildman–Crippen LogP) is 7.69. The van der Waals surface area contributed by atoms with E-state index in [0.717, 1.165) is 15.8 Å². The largest absolute Gasteiger partial charge is 0.402 e. The summed E-state index contributed by atoms with van der Waals surface area (Å²) in [6.45, 7) is 3.18. The molecule has 0 spiro atoms. The first-order chi connectivity index (χ1) is 13.1. The molecule has 3 nitrogen and oxygen atoms in total. The van der Waals surface area contributed by atoms with Crippen molar-refractivity contribution < 1.29 is 22.8 Å². The Morgan fingerprint density at radius 2 is 1.71 bits per heavy atom. The molecule has 0 fully saturated rings. The number of halogens is 4. The highest BCUT2D eigenvalue weighted by molar-refractivity contribution is 9.10. The van der Waals surface area contributed by atoms with Gasteiger partial charge in [0, 0.05) is 26.0 Å². The molecular weight excluding hydrogens is 537 g/mol. The van der Waals surface area contributed by atoms with Crippen molar-refractivity contribution in [2.75, 3.05) is 0 Å². The Bertz CT molecular complexity index is 850. The molecule has 0 aliphatic heterocycles. The third kappa shape index (κ3) is 6.13. The van der Waals surface area contributed by atoms with Gasteiger partial charge in [-0.25, -0.2) is 0 Å². The summed E-state index contributed by atoms with van der Waals surface area (Å²) in [4.78, 5) is 9.83. The number of rotatable bonds is 9. The molecule has 0 saturated heterocycles. The van der Waals surface area contributed by atoms with Crippen LogP contribution in [0.5, 0.6) is 0 Å². The molecule has 0 bridgehead atoms. The zero-order valence-electron chi connectivity index (χ0n) is 15.4. The molecule has 0 saturated carbocycles. The van der Waals surface area contributed by atoms with Gasteiger partial charge in [-0.2, -0.15) is 20.5 Å². The summed E-state index contributed by atoms with van der Waals surface area (Å²) in [6.07, 6.45) is -0.383. The first-order valence-electron chi connectivity index (χ1n) is 8.57. The second kappa shape index (κ2) is 10.2. The minimum Gasteiger partial charge on any atom is -0.320 e. The fourth-order valence-corrected chi connectivity index (χ4v) is 5.60. The highest BCUT2D eigenvalue weighted by atomic mass is 79.9. The van der Waals surface area contributed by atoms with E-state index in [2.05, 4.69) is 31.9 Å². The van der Waals surface area contributed by atoms with Gasteiger partial charge in [0.25, 0.3) is 0 Å². The molecule has 9 heteroatoms. The lowest BCUT2D eigenvalue weighted by molar-refractivity contribution is 0.0341. The second-order valence-corrected chi connectivity index (χ2v) is 10.9. The Hall–Kier alpha value is -0.240. The fraction of sp³-hybridized carbons (Fsp3) is 0.368. The minimum absolute atomic E-state index is 0.0845. The normalized spacial score (nSPS) is 15.2. The van der Waals surface area contributed by atoms with Crippen molar-refractivity contribution in [2.45, 2.75) is 43.5 Å². The van der Waals surface area contributed by atoms with Crippen LogP contribution in [0.4, 0.5) is 8.78 Å². The number of benzene rings is 2. The van der Waals surface area contributed by atoms with Crippen molar-refractivity contribution >= 4 is 51.2 Å². The lowest BCUT2D eigenvalue weighted by Crippen LogP contribution is -2.19. The van der Waals surface area contributed by atoms with Gasteiger partial charge in [0.05, 0.1) is 6.10 Å². The molecule has 2 aromatic carbocycles. The Kier molecular flexibility index (Phi) is 8.74. The molecular formula is C19H21Br2F2O3PS. The van der Waals surface area contributed by atoms with Gasteiger partial charge in [-0.05, 0) is 42.7 Å². The average molecular weight is 558 g/mol. The number of hydrogen-bond donors (Lipinski definition) is 1. The summed E-state index contributed by atoms with van der Waals surface area (Å²) in [5, 5.41) is 0. The van der Waals surface area contributed by atoms with Crippen molar-refractivity contribution in [1.29, 1.82) is 0 Å². The fourth-order valence-electron chi connectivity index (χ4n) is 2.30. The van der Waals surface area contributed by atoms with Crippen molar-refractivity contribution in [3.05, 3.63) is 68.1 Å². The summed E-state index contributed by atoms with van der Waals surface area (Å²) in [5.41, 5.74) is -2.55. The van der Waals surface area contributed by atoms with Crippen LogP contribution in [0.25, 0.3) is 0 Å². The summed E-state index contributed by atoms with van der Waals surface area (Å²) < 4.78 is 47.3. The zero-order chi connectivity index (χ0) is 20.9. The molecule has 0 aliphatic carbocycles. The van der Waals surface area contributed by atoms with Crippen molar-refractivity contribution in [3.8, 4) is 0 Å². The molecule has 0 heterocycles. The van der Waals surface area contributed by atoms with Gasteiger partial charge < -0.3 is 9.42 Å². The van der Waals surface area contributed by atoms with E-state index in [1.165, 1.54) is 18.6 Å². The summed E-state index contributed by atoms with van der Waals surface area (Å²) in [7, 11) is -5.17. The average Bonchev–Trinajstić information content (AvgIpc) is 2.62. The van der Waals surface area contributed by atoms with E-state index in [1.807, 2.05) is 24.3 Å². The molecule has 0 aromatic heterocycles. The lowest BCUT2D eigenvalue weighted by atomic mass is 10.1. The van der Waals surface area contributed by atoms with Crippen LogP contribution < -0.4 is 0 Å². The molecule has 0 aliphatic rings. The molecule has 1 N–H and O–H groups in total. The standard InChI is InChI=1S/C19H21Br2F2O3PS/c1-3-13(2)26-27(24,25)19(22,23)17-9-6-15(10-18(17)21)12-28-11-14-4-7-16(20)8-5-14/h4-10,13H,3,11-12H2,1-2H3,(H,24,25). The summed E-state index contributed by atoms with van der Waals surface area (Å²) in [6, 6.07) is 12.3. The molecule has 28 heavy (non-hydrogen) atoms. The Balaban J connectivity index is 2.08. The van der Waals surface area contributed by atoms with Crippen LogP contribution >= 0.6 is 51.2 Å². The van der Waals surface area contributed by atoms with Crippen molar-refractivity contribution in [2.24, 2.45) is 0 Å². The van der Waals surface area contributed by atoms with E-state index < -0.39 is 24.9 Å². The summed E-state index contributed by atoms with van der Waals surface area (Å²) >= 11 is 8.16. The minimum atomic E-state index is -5.17. The SMILES string of the molecule is CCC(C)OP(=O)(O)C(F)(F)c1ccc(CSCc2ccc(Br)cc2)cc1Br. The predicted molar refractivity (Wildman–Crippen MR) is 118 cm³/mol. The monoisotopic (exact) mass is 556 g/mol. The Morgan fingerprint density at radius 1 is 1.14 bits per heavy atom. The maximum atomic E-state index is 14.7. The van der Waals surface area contributed by atoms with Gasteiger partial charge >= 0.3 is 13.3 Å². The van der Waals surface area contributed by atoms with Crippen molar-refractivity contribution in [3.63, 3.8) is 0 Å². The molecule has 0 radical (unpaired) electrons. The van der Waals surface area contributed by atoms with E-state index in [9.17, 15) is 18.2 Å². The maximum Gasteiger partial charge on any atom is 0.402 e. The van der Waals surface area contributed by atoms with Gasteiger partial charge in [-0.1, -0.05) is 63.0 Å². The second-order valence-electron chi connectivity index (χ2n) is 6.32. The van der Waals surface area contributed by atoms with Crippen LogP contribution in [-0.4, -0.2) is 11.0 Å². The topological polar surface area (TPSA) is 46.5 Å². The summed E-state index contributed by atoms with van der Waals surface area (Å²) in [5.74, 6) is 1.41. The van der Waals surface area contributed by atoms with Gasteiger partial charge in [0.2, 0.25) is 0 Å². The van der Waals surface area contributed by atoms with Gasteiger partial charge in [-0.15, -0.1) is 0 Å². The molecule has 0 amide bonds. The van der Waals surface area contributed by atoms with E-state index >= 15 is 0 Å². The van der Waals surface area contributed by atoms with Crippen LogP contribution in [0.3, 0.4) is 0 Å². The number of alkyl halides is 2. The van der Waals surface area contributed by atoms with Crippen LogP contribution in [0.1, 0.15) is 37.0 Å². The van der Waals surface area contributed by atoms with Gasteiger partial charge in [0.1, 0.15) is 0 Å². The third-order valence-corrected chi connectivity index (χ3v) is 7.92. The number of hydrogen-bond acceptors (Lipinski definition) is 3. The van der Waals surface area contributed by atoms with Crippen LogP contribution in [0.2, 0.25) is 0 Å². The molecule has 2 rings (SSSR count). The zero-order valence-corrected chi connectivity index (χ0v) is 20.3.